The monoisotopic (exact) mass is 117 g/mol. The molecule has 2 heteroatoms. The summed E-state index contributed by atoms with van der Waals surface area (Å²) in [6, 6.07) is 0. The minimum absolute atomic E-state index is 0.490. The Morgan fingerprint density at radius 3 is 2.86 bits per heavy atom. The summed E-state index contributed by atoms with van der Waals surface area (Å²) >= 11 is 5.25. The lowest BCUT2D eigenvalue weighted by molar-refractivity contribution is 1.54. The Bertz CT molecular complexity index is 76.1. The van der Waals surface area contributed by atoms with E-state index in [0.29, 0.717) is 5.88 Å². The molecule has 0 heterocycles. The average Bonchev–Trinajstić information content (AvgIpc) is 1.69. The van der Waals surface area contributed by atoms with Crippen molar-refractivity contribution in [2.24, 2.45) is 4.99 Å². The lowest BCUT2D eigenvalue weighted by Crippen LogP contribution is -1.67. The van der Waals surface area contributed by atoms with E-state index in [1.54, 1.807) is 12.4 Å². The summed E-state index contributed by atoms with van der Waals surface area (Å²) in [6.45, 7) is 1.91. The van der Waals surface area contributed by atoms with Gasteiger partial charge in [0.05, 0.1) is 5.88 Å². The highest BCUT2D eigenvalue weighted by Gasteiger charge is 1.60. The first-order valence-electron chi connectivity index (χ1n) is 2.10. The van der Waals surface area contributed by atoms with Crippen LogP contribution in [0.15, 0.2) is 17.3 Å². The molecule has 0 N–H and O–H groups in total. The number of alkyl halides is 1. The third kappa shape index (κ3) is 5.70. The second-order valence-corrected chi connectivity index (χ2v) is 1.28. The second-order valence-electron chi connectivity index (χ2n) is 0.968. The van der Waals surface area contributed by atoms with Gasteiger partial charge in [-0.05, 0) is 6.92 Å². The smallest absolute Gasteiger partial charge is 0.0577 e. The van der Waals surface area contributed by atoms with E-state index in [-0.39, 0.29) is 0 Å². The summed E-state index contributed by atoms with van der Waals surface area (Å²) < 4.78 is 0. The van der Waals surface area contributed by atoms with Crippen LogP contribution in [-0.2, 0) is 0 Å². The van der Waals surface area contributed by atoms with E-state index < -0.39 is 0 Å². The molecule has 0 radical (unpaired) electrons. The molecule has 40 valence electrons. The molecule has 0 aromatic carbocycles. The number of nitrogens with zero attached hydrogens (tertiary/aromatic N) is 1. The van der Waals surface area contributed by atoms with Crippen molar-refractivity contribution in [2.45, 2.75) is 6.92 Å². The Labute approximate surface area is 48.7 Å². The summed E-state index contributed by atoms with van der Waals surface area (Å²) in [7, 11) is 0. The molecule has 0 bridgehead atoms. The van der Waals surface area contributed by atoms with Crippen LogP contribution in [0.2, 0.25) is 0 Å². The minimum Gasteiger partial charge on any atom is -0.268 e. The number of aliphatic imine (C=N–C) groups is 1. The zero-order valence-corrected chi connectivity index (χ0v) is 5.02. The van der Waals surface area contributed by atoms with Crippen LogP contribution < -0.4 is 0 Å². The van der Waals surface area contributed by atoms with E-state index >= 15 is 0 Å². The SMILES string of the molecule is C/C=C\N=C/CCl. The Hall–Kier alpha value is -0.300. The third-order valence-electron chi connectivity index (χ3n) is 0.410. The maximum atomic E-state index is 5.25. The number of rotatable bonds is 2. The third-order valence-corrected chi connectivity index (χ3v) is 0.548. The summed E-state index contributed by atoms with van der Waals surface area (Å²) in [5.74, 6) is 0.490. The molecular weight excluding hydrogens is 110 g/mol. The molecule has 0 rings (SSSR count). The van der Waals surface area contributed by atoms with Crippen LogP contribution in [0.3, 0.4) is 0 Å². The number of allylic oxidation sites excluding steroid dienone is 1. The molecule has 0 fully saturated rings. The first-order chi connectivity index (χ1) is 3.41. The van der Waals surface area contributed by atoms with Crippen molar-refractivity contribution in [2.75, 3.05) is 5.88 Å². The molecule has 0 aliphatic carbocycles. The van der Waals surface area contributed by atoms with Gasteiger partial charge in [-0.25, -0.2) is 0 Å². The fraction of sp³-hybridized carbons (Fsp3) is 0.400. The van der Waals surface area contributed by atoms with Crippen molar-refractivity contribution < 1.29 is 0 Å². The van der Waals surface area contributed by atoms with Crippen LogP contribution in [0.5, 0.6) is 0 Å². The highest BCUT2D eigenvalue weighted by Crippen LogP contribution is 1.72. The molecular formula is C5H8ClN. The molecule has 0 aliphatic heterocycles. The molecule has 0 aromatic heterocycles. The van der Waals surface area contributed by atoms with Crippen LogP contribution in [0.1, 0.15) is 6.92 Å². The molecule has 0 spiro atoms. The lowest BCUT2D eigenvalue weighted by atomic mass is 10.7. The van der Waals surface area contributed by atoms with Gasteiger partial charge >= 0.3 is 0 Å². The number of hydrogen-bond donors (Lipinski definition) is 0. The average molecular weight is 118 g/mol. The largest absolute Gasteiger partial charge is 0.268 e. The van der Waals surface area contributed by atoms with Gasteiger partial charge < -0.3 is 0 Å². The van der Waals surface area contributed by atoms with Gasteiger partial charge in [-0.3, -0.25) is 4.99 Å². The maximum absolute atomic E-state index is 5.25. The van der Waals surface area contributed by atoms with Gasteiger partial charge in [-0.2, -0.15) is 0 Å². The van der Waals surface area contributed by atoms with Gasteiger partial charge in [0.1, 0.15) is 0 Å². The standard InChI is InChI=1S/C5H8ClN/c1-2-4-7-5-3-6/h2,4-5H,3H2,1H3/b4-2-,7-5-. The summed E-state index contributed by atoms with van der Waals surface area (Å²) in [5, 5.41) is 0. The Kier molecular flexibility index (Phi) is 5.46. The predicted octanol–water partition coefficient (Wildman–Crippen LogP) is 1.83. The Morgan fingerprint density at radius 1 is 1.71 bits per heavy atom. The first kappa shape index (κ1) is 6.70. The van der Waals surface area contributed by atoms with Gasteiger partial charge in [0, 0.05) is 12.4 Å². The fourth-order valence-electron chi connectivity index (χ4n) is 0.187. The summed E-state index contributed by atoms with van der Waals surface area (Å²) in [6.07, 6.45) is 5.19. The molecule has 0 aromatic rings. The molecule has 1 nitrogen and oxygen atoms in total. The summed E-state index contributed by atoms with van der Waals surface area (Å²) in [4.78, 5) is 3.77. The topological polar surface area (TPSA) is 12.4 Å². The second kappa shape index (κ2) is 5.70. The minimum atomic E-state index is 0.490. The van der Waals surface area contributed by atoms with Crippen LogP contribution in [0.25, 0.3) is 0 Å². The van der Waals surface area contributed by atoms with Crippen molar-refractivity contribution in [1.82, 2.24) is 0 Å². The quantitative estimate of drug-likeness (QED) is 0.387. The summed E-state index contributed by atoms with van der Waals surface area (Å²) in [5.41, 5.74) is 0. The Balaban J connectivity index is 3.09. The number of halogens is 1. The van der Waals surface area contributed by atoms with E-state index in [4.69, 9.17) is 11.6 Å². The van der Waals surface area contributed by atoms with Crippen LogP contribution in [0.4, 0.5) is 0 Å². The molecule has 0 saturated heterocycles. The van der Waals surface area contributed by atoms with E-state index in [1.807, 2.05) is 13.0 Å². The molecule has 0 amide bonds. The molecule has 0 unspecified atom stereocenters. The van der Waals surface area contributed by atoms with E-state index in [0.717, 1.165) is 0 Å². The van der Waals surface area contributed by atoms with E-state index in [2.05, 4.69) is 4.99 Å². The van der Waals surface area contributed by atoms with E-state index in [9.17, 15) is 0 Å². The molecule has 0 atom stereocenters. The van der Waals surface area contributed by atoms with Crippen LogP contribution >= 0.6 is 11.6 Å². The fourth-order valence-corrected chi connectivity index (χ4v) is 0.266. The van der Waals surface area contributed by atoms with E-state index in [1.165, 1.54) is 0 Å². The van der Waals surface area contributed by atoms with Gasteiger partial charge in [-0.1, -0.05) is 6.08 Å². The van der Waals surface area contributed by atoms with Crippen molar-refractivity contribution in [3.63, 3.8) is 0 Å². The normalized spacial score (nSPS) is 11.7. The number of hydrogen-bond acceptors (Lipinski definition) is 1. The lowest BCUT2D eigenvalue weighted by Gasteiger charge is -1.69. The highest BCUT2D eigenvalue weighted by molar-refractivity contribution is 6.24. The molecule has 0 aliphatic rings. The van der Waals surface area contributed by atoms with Crippen molar-refractivity contribution in [3.8, 4) is 0 Å². The van der Waals surface area contributed by atoms with Crippen molar-refractivity contribution >= 4 is 17.8 Å². The molecule has 7 heavy (non-hydrogen) atoms. The predicted molar refractivity (Wildman–Crippen MR) is 34.0 cm³/mol. The van der Waals surface area contributed by atoms with Crippen molar-refractivity contribution in [1.29, 1.82) is 0 Å². The zero-order valence-electron chi connectivity index (χ0n) is 4.26. The van der Waals surface area contributed by atoms with Gasteiger partial charge in [0.2, 0.25) is 0 Å². The van der Waals surface area contributed by atoms with Crippen LogP contribution in [-0.4, -0.2) is 12.1 Å². The Morgan fingerprint density at radius 2 is 2.43 bits per heavy atom. The first-order valence-corrected chi connectivity index (χ1v) is 2.64. The molecule has 0 saturated carbocycles. The highest BCUT2D eigenvalue weighted by atomic mass is 35.5. The van der Waals surface area contributed by atoms with Crippen LogP contribution in [0, 0.1) is 0 Å². The van der Waals surface area contributed by atoms with Gasteiger partial charge in [0.15, 0.2) is 0 Å². The zero-order chi connectivity index (χ0) is 5.54. The van der Waals surface area contributed by atoms with Crippen molar-refractivity contribution in [3.05, 3.63) is 12.3 Å². The maximum Gasteiger partial charge on any atom is 0.0577 e. The van der Waals surface area contributed by atoms with Gasteiger partial charge in [0.25, 0.3) is 0 Å². The van der Waals surface area contributed by atoms with Gasteiger partial charge in [-0.15, -0.1) is 11.6 Å².